The molecule has 1 atom stereocenters. The van der Waals surface area contributed by atoms with E-state index < -0.39 is 6.10 Å². The van der Waals surface area contributed by atoms with Crippen molar-refractivity contribution in [1.82, 2.24) is 25.3 Å². The molecule has 0 aliphatic heterocycles. The third-order valence-electron chi connectivity index (χ3n) is 3.92. The van der Waals surface area contributed by atoms with Gasteiger partial charge in [0.15, 0.2) is 0 Å². The minimum absolute atomic E-state index is 0.0473. The standard InChI is InChI=1S/C16H19N5O3/c1-9-15(10(2)21(3)20-9)11-7-12(19-18-11)16(23)17-8-13(22)14-5-4-6-24-14/h4-7,13,22H,8H2,1-3H3,(H,17,23)(H,18,19)/t13-/m0/s1. The number of aromatic nitrogens is 4. The summed E-state index contributed by atoms with van der Waals surface area (Å²) in [5, 5.41) is 23.8. The Kier molecular flexibility index (Phi) is 4.22. The Bertz CT molecular complexity index is 847. The highest BCUT2D eigenvalue weighted by molar-refractivity contribution is 5.93. The smallest absolute Gasteiger partial charge is 0.269 e. The number of aryl methyl sites for hydroxylation is 2. The van der Waals surface area contributed by atoms with Crippen molar-refractivity contribution in [3.63, 3.8) is 0 Å². The number of aromatic amines is 1. The molecule has 0 aliphatic carbocycles. The van der Waals surface area contributed by atoms with Crippen molar-refractivity contribution in [2.75, 3.05) is 6.54 Å². The Balaban J connectivity index is 1.70. The quantitative estimate of drug-likeness (QED) is 0.657. The van der Waals surface area contributed by atoms with Crippen LogP contribution in [0.1, 0.15) is 33.7 Å². The predicted octanol–water partition coefficient (Wildman–Crippen LogP) is 1.48. The molecule has 0 saturated carbocycles. The van der Waals surface area contributed by atoms with Crippen LogP contribution in [0, 0.1) is 13.8 Å². The number of nitrogens with one attached hydrogen (secondary N) is 2. The maximum absolute atomic E-state index is 12.2. The lowest BCUT2D eigenvalue weighted by Crippen LogP contribution is -2.28. The normalized spacial score (nSPS) is 12.3. The van der Waals surface area contributed by atoms with E-state index in [1.54, 1.807) is 22.9 Å². The Morgan fingerprint density at radius 3 is 2.92 bits per heavy atom. The number of carbonyl (C=O) groups is 1. The molecule has 3 aromatic heterocycles. The van der Waals surface area contributed by atoms with E-state index in [-0.39, 0.29) is 12.5 Å². The van der Waals surface area contributed by atoms with Gasteiger partial charge in [-0.2, -0.15) is 10.2 Å². The van der Waals surface area contributed by atoms with E-state index in [0.29, 0.717) is 17.1 Å². The van der Waals surface area contributed by atoms with Gasteiger partial charge in [-0.05, 0) is 32.0 Å². The van der Waals surface area contributed by atoms with Gasteiger partial charge in [0.25, 0.3) is 5.91 Å². The van der Waals surface area contributed by atoms with Gasteiger partial charge in [0, 0.05) is 18.3 Å². The zero-order valence-electron chi connectivity index (χ0n) is 13.7. The van der Waals surface area contributed by atoms with Crippen molar-refractivity contribution >= 4 is 5.91 Å². The molecular formula is C16H19N5O3. The molecule has 8 heteroatoms. The van der Waals surface area contributed by atoms with E-state index in [4.69, 9.17) is 4.42 Å². The molecule has 0 aliphatic rings. The first-order chi connectivity index (χ1) is 11.5. The second kappa shape index (κ2) is 6.32. The van der Waals surface area contributed by atoms with Crippen molar-refractivity contribution in [2.24, 2.45) is 7.05 Å². The van der Waals surface area contributed by atoms with Gasteiger partial charge >= 0.3 is 0 Å². The number of carbonyl (C=O) groups excluding carboxylic acids is 1. The highest BCUT2D eigenvalue weighted by Crippen LogP contribution is 2.25. The van der Waals surface area contributed by atoms with Crippen LogP contribution in [0.2, 0.25) is 0 Å². The number of aliphatic hydroxyl groups excluding tert-OH is 1. The second-order valence-corrected chi connectivity index (χ2v) is 5.58. The van der Waals surface area contributed by atoms with Gasteiger partial charge in [-0.1, -0.05) is 0 Å². The van der Waals surface area contributed by atoms with Crippen LogP contribution in [0.4, 0.5) is 0 Å². The van der Waals surface area contributed by atoms with E-state index >= 15 is 0 Å². The number of hydrogen-bond acceptors (Lipinski definition) is 5. The first-order valence-electron chi connectivity index (χ1n) is 7.53. The first kappa shape index (κ1) is 16.0. The highest BCUT2D eigenvalue weighted by Gasteiger charge is 2.18. The molecule has 24 heavy (non-hydrogen) atoms. The zero-order chi connectivity index (χ0) is 17.3. The fraction of sp³-hybridized carbons (Fsp3) is 0.312. The fourth-order valence-electron chi connectivity index (χ4n) is 2.58. The largest absolute Gasteiger partial charge is 0.467 e. The minimum atomic E-state index is -0.894. The topological polar surface area (TPSA) is 109 Å². The maximum Gasteiger partial charge on any atom is 0.269 e. The highest BCUT2D eigenvalue weighted by atomic mass is 16.4. The van der Waals surface area contributed by atoms with Gasteiger partial charge in [-0.15, -0.1) is 0 Å². The Hall–Kier alpha value is -2.87. The van der Waals surface area contributed by atoms with E-state index in [1.807, 2.05) is 20.9 Å². The minimum Gasteiger partial charge on any atom is -0.467 e. The monoisotopic (exact) mass is 329 g/mol. The lowest BCUT2D eigenvalue weighted by atomic mass is 10.1. The molecular weight excluding hydrogens is 310 g/mol. The summed E-state index contributed by atoms with van der Waals surface area (Å²) in [6.07, 6.45) is 0.578. The van der Waals surface area contributed by atoms with Gasteiger partial charge in [0.1, 0.15) is 17.6 Å². The van der Waals surface area contributed by atoms with Crippen LogP contribution in [0.25, 0.3) is 11.3 Å². The SMILES string of the molecule is Cc1nn(C)c(C)c1-c1cc(C(=O)NC[C@H](O)c2ccco2)[nH]n1. The second-order valence-electron chi connectivity index (χ2n) is 5.58. The van der Waals surface area contributed by atoms with Crippen LogP contribution in [0.3, 0.4) is 0 Å². The average Bonchev–Trinajstić information content (AvgIpc) is 3.27. The molecule has 0 saturated heterocycles. The lowest BCUT2D eigenvalue weighted by molar-refractivity contribution is 0.0896. The molecule has 3 N–H and O–H groups in total. The number of amides is 1. The average molecular weight is 329 g/mol. The van der Waals surface area contributed by atoms with Crippen LogP contribution >= 0.6 is 0 Å². The lowest BCUT2D eigenvalue weighted by Gasteiger charge is -2.08. The Morgan fingerprint density at radius 2 is 2.29 bits per heavy atom. The summed E-state index contributed by atoms with van der Waals surface area (Å²) >= 11 is 0. The number of hydrogen-bond donors (Lipinski definition) is 3. The number of rotatable bonds is 5. The van der Waals surface area contributed by atoms with Gasteiger partial charge in [-0.25, -0.2) is 0 Å². The van der Waals surface area contributed by atoms with Crippen LogP contribution in [-0.2, 0) is 7.05 Å². The van der Waals surface area contributed by atoms with Crippen molar-refractivity contribution < 1.29 is 14.3 Å². The van der Waals surface area contributed by atoms with Gasteiger partial charge < -0.3 is 14.8 Å². The molecule has 0 spiro atoms. The molecule has 1 amide bonds. The van der Waals surface area contributed by atoms with Crippen LogP contribution in [-0.4, -0.2) is 37.5 Å². The molecule has 3 aromatic rings. The van der Waals surface area contributed by atoms with Gasteiger partial charge in [0.05, 0.1) is 24.2 Å². The van der Waals surface area contributed by atoms with Crippen molar-refractivity contribution in [3.8, 4) is 11.3 Å². The molecule has 3 rings (SSSR count). The Morgan fingerprint density at radius 1 is 1.50 bits per heavy atom. The van der Waals surface area contributed by atoms with Crippen LogP contribution in [0.15, 0.2) is 28.9 Å². The number of nitrogens with zero attached hydrogens (tertiary/aromatic N) is 3. The van der Waals surface area contributed by atoms with E-state index in [1.165, 1.54) is 6.26 Å². The third kappa shape index (κ3) is 2.95. The number of H-pyrrole nitrogens is 1. The Labute approximate surface area is 138 Å². The summed E-state index contributed by atoms with van der Waals surface area (Å²) in [6.45, 7) is 3.89. The summed E-state index contributed by atoms with van der Waals surface area (Å²) in [5.41, 5.74) is 3.71. The van der Waals surface area contributed by atoms with Crippen molar-refractivity contribution in [2.45, 2.75) is 20.0 Å². The molecule has 0 fully saturated rings. The molecule has 126 valence electrons. The van der Waals surface area contributed by atoms with Crippen LogP contribution < -0.4 is 5.32 Å². The summed E-state index contributed by atoms with van der Waals surface area (Å²) in [7, 11) is 1.86. The maximum atomic E-state index is 12.2. The van der Waals surface area contributed by atoms with E-state index in [9.17, 15) is 9.90 Å². The van der Waals surface area contributed by atoms with Crippen LogP contribution in [0.5, 0.6) is 0 Å². The molecule has 0 aromatic carbocycles. The summed E-state index contributed by atoms with van der Waals surface area (Å²) < 4.78 is 6.87. The fourth-order valence-corrected chi connectivity index (χ4v) is 2.58. The summed E-state index contributed by atoms with van der Waals surface area (Å²) in [5.74, 6) is 0.0563. The summed E-state index contributed by atoms with van der Waals surface area (Å²) in [6, 6.07) is 5.00. The van der Waals surface area contributed by atoms with E-state index in [0.717, 1.165) is 17.0 Å². The molecule has 0 radical (unpaired) electrons. The molecule has 0 unspecified atom stereocenters. The van der Waals surface area contributed by atoms with E-state index in [2.05, 4.69) is 20.6 Å². The van der Waals surface area contributed by atoms with Crippen molar-refractivity contribution in [3.05, 3.63) is 47.3 Å². The zero-order valence-corrected chi connectivity index (χ0v) is 13.7. The van der Waals surface area contributed by atoms with Crippen molar-refractivity contribution in [1.29, 1.82) is 0 Å². The molecule has 8 nitrogen and oxygen atoms in total. The molecule has 0 bridgehead atoms. The van der Waals surface area contributed by atoms with Gasteiger partial charge in [-0.3, -0.25) is 14.6 Å². The first-order valence-corrected chi connectivity index (χ1v) is 7.53. The number of furan rings is 1. The third-order valence-corrected chi connectivity index (χ3v) is 3.92. The molecule has 3 heterocycles. The number of aliphatic hydroxyl groups is 1. The van der Waals surface area contributed by atoms with Gasteiger partial charge in [0.2, 0.25) is 0 Å². The predicted molar refractivity (Wildman–Crippen MR) is 86.3 cm³/mol. The summed E-state index contributed by atoms with van der Waals surface area (Å²) in [4.78, 5) is 12.2.